The maximum absolute atomic E-state index is 4.12. The van der Waals surface area contributed by atoms with Gasteiger partial charge in [-0.05, 0) is 41.8 Å². The molecule has 1 N–H and O–H groups in total. The van der Waals surface area contributed by atoms with Crippen LogP contribution in [0.5, 0.6) is 0 Å². The molecule has 0 fully saturated rings. The lowest BCUT2D eigenvalue weighted by Gasteiger charge is -2.27. The monoisotopic (exact) mass is 268 g/mol. The van der Waals surface area contributed by atoms with E-state index in [2.05, 4.69) is 67.5 Å². The van der Waals surface area contributed by atoms with Crippen molar-refractivity contribution in [1.29, 1.82) is 0 Å². The SMILES string of the molecule is CCNC(c1ccccc1CC)C(C)c1ccncc1. The van der Waals surface area contributed by atoms with Gasteiger partial charge in [0.15, 0.2) is 0 Å². The normalized spacial score (nSPS) is 13.9. The molecule has 0 aliphatic carbocycles. The van der Waals surface area contributed by atoms with Gasteiger partial charge in [-0.2, -0.15) is 0 Å². The van der Waals surface area contributed by atoms with E-state index in [4.69, 9.17) is 0 Å². The van der Waals surface area contributed by atoms with Crippen LogP contribution in [0.1, 0.15) is 49.4 Å². The Labute approximate surface area is 122 Å². The number of pyridine rings is 1. The Hall–Kier alpha value is -1.67. The summed E-state index contributed by atoms with van der Waals surface area (Å²) in [6.07, 6.45) is 4.82. The van der Waals surface area contributed by atoms with Crippen LogP contribution < -0.4 is 5.32 Å². The van der Waals surface area contributed by atoms with E-state index in [9.17, 15) is 0 Å². The van der Waals surface area contributed by atoms with E-state index in [-0.39, 0.29) is 0 Å². The van der Waals surface area contributed by atoms with Gasteiger partial charge in [-0.1, -0.05) is 45.0 Å². The molecule has 106 valence electrons. The quantitative estimate of drug-likeness (QED) is 0.853. The Kier molecular flexibility index (Phi) is 5.31. The molecule has 0 aliphatic heterocycles. The lowest BCUT2D eigenvalue weighted by Crippen LogP contribution is -2.26. The number of likely N-dealkylation sites (N-methyl/N-ethyl adjacent to an activating group) is 1. The molecular weight excluding hydrogens is 244 g/mol. The van der Waals surface area contributed by atoms with E-state index in [1.165, 1.54) is 16.7 Å². The number of hydrogen-bond acceptors (Lipinski definition) is 2. The van der Waals surface area contributed by atoms with Gasteiger partial charge in [0.25, 0.3) is 0 Å². The molecule has 2 aromatic rings. The van der Waals surface area contributed by atoms with E-state index < -0.39 is 0 Å². The zero-order valence-corrected chi connectivity index (χ0v) is 12.6. The smallest absolute Gasteiger partial charge is 0.0389 e. The van der Waals surface area contributed by atoms with Gasteiger partial charge in [0, 0.05) is 24.4 Å². The summed E-state index contributed by atoms with van der Waals surface area (Å²) in [6.45, 7) is 7.65. The van der Waals surface area contributed by atoms with Crippen molar-refractivity contribution in [3.8, 4) is 0 Å². The predicted octanol–water partition coefficient (Wildman–Crippen LogP) is 4.10. The first-order valence-electron chi connectivity index (χ1n) is 7.49. The van der Waals surface area contributed by atoms with Crippen LogP contribution in [0.15, 0.2) is 48.8 Å². The van der Waals surface area contributed by atoms with Crippen molar-refractivity contribution in [2.24, 2.45) is 0 Å². The first kappa shape index (κ1) is 14.7. The van der Waals surface area contributed by atoms with Gasteiger partial charge in [-0.3, -0.25) is 4.98 Å². The lowest BCUT2D eigenvalue weighted by atomic mass is 9.86. The molecule has 1 aromatic heterocycles. The first-order chi connectivity index (χ1) is 9.77. The van der Waals surface area contributed by atoms with Gasteiger partial charge in [0.1, 0.15) is 0 Å². The molecule has 0 radical (unpaired) electrons. The van der Waals surface area contributed by atoms with Gasteiger partial charge < -0.3 is 5.32 Å². The molecule has 2 atom stereocenters. The van der Waals surface area contributed by atoms with Crippen molar-refractivity contribution in [2.45, 2.75) is 39.2 Å². The molecule has 0 bridgehead atoms. The summed E-state index contributed by atoms with van der Waals surface area (Å²) in [7, 11) is 0. The highest BCUT2D eigenvalue weighted by Crippen LogP contribution is 2.32. The summed E-state index contributed by atoms with van der Waals surface area (Å²) in [6, 6.07) is 13.3. The van der Waals surface area contributed by atoms with Crippen LogP contribution in [0.4, 0.5) is 0 Å². The number of nitrogens with zero attached hydrogens (tertiary/aromatic N) is 1. The summed E-state index contributed by atoms with van der Waals surface area (Å²) in [5.74, 6) is 0.422. The molecular formula is C18H24N2. The van der Waals surface area contributed by atoms with Gasteiger partial charge in [0.05, 0.1) is 0 Å². The molecule has 2 rings (SSSR count). The van der Waals surface area contributed by atoms with Crippen LogP contribution in [-0.2, 0) is 6.42 Å². The summed E-state index contributed by atoms with van der Waals surface area (Å²) < 4.78 is 0. The van der Waals surface area contributed by atoms with E-state index in [1.54, 1.807) is 0 Å². The highest BCUT2D eigenvalue weighted by molar-refractivity contribution is 5.33. The van der Waals surface area contributed by atoms with Crippen LogP contribution in [0.3, 0.4) is 0 Å². The summed E-state index contributed by atoms with van der Waals surface area (Å²) in [5.41, 5.74) is 4.18. The summed E-state index contributed by atoms with van der Waals surface area (Å²) in [5, 5.41) is 3.65. The molecule has 0 aliphatic rings. The zero-order valence-electron chi connectivity index (χ0n) is 12.6. The average molecular weight is 268 g/mol. The fraction of sp³-hybridized carbons (Fsp3) is 0.389. The van der Waals surface area contributed by atoms with Crippen molar-refractivity contribution in [3.05, 3.63) is 65.5 Å². The Balaban J connectivity index is 2.35. The van der Waals surface area contributed by atoms with E-state index in [0.717, 1.165) is 13.0 Å². The molecule has 2 nitrogen and oxygen atoms in total. The summed E-state index contributed by atoms with van der Waals surface area (Å²) in [4.78, 5) is 4.12. The zero-order chi connectivity index (χ0) is 14.4. The fourth-order valence-electron chi connectivity index (χ4n) is 2.80. The van der Waals surface area contributed by atoms with E-state index >= 15 is 0 Å². The van der Waals surface area contributed by atoms with Gasteiger partial charge in [-0.15, -0.1) is 0 Å². The van der Waals surface area contributed by atoms with E-state index in [1.807, 2.05) is 12.4 Å². The number of rotatable bonds is 6. The second kappa shape index (κ2) is 7.20. The molecule has 2 heteroatoms. The van der Waals surface area contributed by atoms with E-state index in [0.29, 0.717) is 12.0 Å². The van der Waals surface area contributed by atoms with Crippen molar-refractivity contribution in [2.75, 3.05) is 6.54 Å². The third-order valence-corrected chi connectivity index (χ3v) is 3.93. The Bertz CT molecular complexity index is 522. The maximum atomic E-state index is 4.12. The molecule has 0 saturated heterocycles. The molecule has 2 unspecified atom stereocenters. The van der Waals surface area contributed by atoms with Gasteiger partial charge in [0.2, 0.25) is 0 Å². The largest absolute Gasteiger partial charge is 0.310 e. The number of hydrogen-bond donors (Lipinski definition) is 1. The average Bonchev–Trinajstić information content (AvgIpc) is 2.53. The molecule has 1 heterocycles. The van der Waals surface area contributed by atoms with Gasteiger partial charge in [-0.25, -0.2) is 0 Å². The number of aromatic nitrogens is 1. The van der Waals surface area contributed by atoms with Crippen molar-refractivity contribution in [1.82, 2.24) is 10.3 Å². The molecule has 0 saturated carbocycles. The molecule has 20 heavy (non-hydrogen) atoms. The van der Waals surface area contributed by atoms with Crippen LogP contribution in [0.2, 0.25) is 0 Å². The van der Waals surface area contributed by atoms with Crippen LogP contribution in [0.25, 0.3) is 0 Å². The Morgan fingerprint density at radius 2 is 1.75 bits per heavy atom. The number of benzene rings is 1. The standard InChI is InChI=1S/C18H24N2/c1-4-15-8-6-7-9-17(15)18(20-5-2)14(3)16-10-12-19-13-11-16/h6-14,18,20H,4-5H2,1-3H3. The number of nitrogens with one attached hydrogen (secondary N) is 1. The molecule has 0 spiro atoms. The third-order valence-electron chi connectivity index (χ3n) is 3.93. The molecule has 0 amide bonds. The highest BCUT2D eigenvalue weighted by atomic mass is 14.9. The highest BCUT2D eigenvalue weighted by Gasteiger charge is 2.21. The van der Waals surface area contributed by atoms with Crippen LogP contribution >= 0.6 is 0 Å². The lowest BCUT2D eigenvalue weighted by molar-refractivity contribution is 0.476. The summed E-state index contributed by atoms with van der Waals surface area (Å²) >= 11 is 0. The fourth-order valence-corrected chi connectivity index (χ4v) is 2.80. The minimum atomic E-state index is 0.346. The number of aryl methyl sites for hydroxylation is 1. The van der Waals surface area contributed by atoms with Crippen LogP contribution in [0, 0.1) is 0 Å². The van der Waals surface area contributed by atoms with Crippen molar-refractivity contribution < 1.29 is 0 Å². The predicted molar refractivity (Wildman–Crippen MR) is 84.9 cm³/mol. The van der Waals surface area contributed by atoms with Crippen LogP contribution in [-0.4, -0.2) is 11.5 Å². The van der Waals surface area contributed by atoms with Gasteiger partial charge >= 0.3 is 0 Å². The van der Waals surface area contributed by atoms with Crippen molar-refractivity contribution in [3.63, 3.8) is 0 Å². The maximum Gasteiger partial charge on any atom is 0.0389 e. The van der Waals surface area contributed by atoms with Crippen molar-refractivity contribution >= 4 is 0 Å². The third kappa shape index (κ3) is 3.26. The second-order valence-corrected chi connectivity index (χ2v) is 5.16. The minimum absolute atomic E-state index is 0.346. The topological polar surface area (TPSA) is 24.9 Å². The second-order valence-electron chi connectivity index (χ2n) is 5.16. The first-order valence-corrected chi connectivity index (χ1v) is 7.49. The Morgan fingerprint density at radius 3 is 2.40 bits per heavy atom. The molecule has 1 aromatic carbocycles. The minimum Gasteiger partial charge on any atom is -0.310 e. The Morgan fingerprint density at radius 1 is 1.05 bits per heavy atom.